The minimum Gasteiger partial charge on any atom is -0.870 e. The zero-order valence-electron chi connectivity index (χ0n) is 10.2. The average molecular weight is 248 g/mol. The first-order valence-electron chi connectivity index (χ1n) is 6.01. The molecule has 0 saturated carbocycles. The van der Waals surface area contributed by atoms with Crippen LogP contribution in [0.25, 0.3) is 32.8 Å². The number of aromatic amines is 1. The molecule has 0 saturated heterocycles. The van der Waals surface area contributed by atoms with Gasteiger partial charge in [0.25, 0.3) is 0 Å². The smallest absolute Gasteiger partial charge is 0.237 e. The predicted octanol–water partition coefficient (Wildman–Crippen LogP) is 3.18. The van der Waals surface area contributed by atoms with Crippen LogP contribution in [0.3, 0.4) is 0 Å². The Labute approximate surface area is 109 Å². The monoisotopic (exact) mass is 248 g/mol. The van der Waals surface area contributed by atoms with Crippen molar-refractivity contribution in [2.75, 3.05) is 0 Å². The van der Waals surface area contributed by atoms with E-state index in [1.807, 2.05) is 18.2 Å². The molecule has 4 rings (SSSR count). The molecule has 0 atom stereocenters. The molecule has 0 radical (unpaired) electrons. The molecule has 3 nitrogen and oxygen atoms in total. The average Bonchev–Trinajstić information content (AvgIpc) is 2.45. The SMILES string of the molecule is [OH-].c1ccc2c(c1)ccc1nc3ccccc3[nH+]c12. The van der Waals surface area contributed by atoms with Crippen molar-refractivity contribution >= 4 is 32.8 Å². The van der Waals surface area contributed by atoms with E-state index in [4.69, 9.17) is 4.98 Å². The van der Waals surface area contributed by atoms with Crippen molar-refractivity contribution < 1.29 is 10.5 Å². The summed E-state index contributed by atoms with van der Waals surface area (Å²) in [6.45, 7) is 0. The summed E-state index contributed by atoms with van der Waals surface area (Å²) in [5.41, 5.74) is 4.18. The van der Waals surface area contributed by atoms with Gasteiger partial charge in [-0.15, -0.1) is 0 Å². The molecule has 0 fully saturated rings. The molecular formula is C16H12N2O. The molecule has 0 unspecified atom stereocenters. The maximum Gasteiger partial charge on any atom is 0.237 e. The Morgan fingerprint density at radius 1 is 0.737 bits per heavy atom. The van der Waals surface area contributed by atoms with Crippen LogP contribution in [-0.4, -0.2) is 10.5 Å². The number of benzene rings is 3. The summed E-state index contributed by atoms with van der Waals surface area (Å²) < 4.78 is 0. The second-order valence-corrected chi connectivity index (χ2v) is 4.43. The molecule has 1 aromatic heterocycles. The molecule has 4 aromatic rings. The summed E-state index contributed by atoms with van der Waals surface area (Å²) in [6.07, 6.45) is 0. The van der Waals surface area contributed by atoms with Crippen molar-refractivity contribution in [3.63, 3.8) is 0 Å². The van der Waals surface area contributed by atoms with Gasteiger partial charge in [0.05, 0.1) is 5.39 Å². The highest BCUT2D eigenvalue weighted by atomic mass is 16.0. The van der Waals surface area contributed by atoms with Gasteiger partial charge in [-0.3, -0.25) is 0 Å². The third-order valence-corrected chi connectivity index (χ3v) is 3.31. The number of fused-ring (bicyclic) bond motifs is 4. The van der Waals surface area contributed by atoms with Gasteiger partial charge in [0.1, 0.15) is 11.0 Å². The zero-order chi connectivity index (χ0) is 11.9. The quantitative estimate of drug-likeness (QED) is 0.354. The molecule has 0 bridgehead atoms. The van der Waals surface area contributed by atoms with Crippen molar-refractivity contribution in [1.82, 2.24) is 4.98 Å². The minimum absolute atomic E-state index is 0. The molecule has 19 heavy (non-hydrogen) atoms. The van der Waals surface area contributed by atoms with Crippen molar-refractivity contribution in [3.05, 3.63) is 60.7 Å². The van der Waals surface area contributed by atoms with E-state index in [1.54, 1.807) is 0 Å². The van der Waals surface area contributed by atoms with Crippen molar-refractivity contribution in [3.8, 4) is 0 Å². The van der Waals surface area contributed by atoms with Crippen LogP contribution in [0.1, 0.15) is 0 Å². The highest BCUT2D eigenvalue weighted by Gasteiger charge is 2.10. The van der Waals surface area contributed by atoms with E-state index >= 15 is 0 Å². The topological polar surface area (TPSA) is 57.0 Å². The lowest BCUT2D eigenvalue weighted by Gasteiger charge is -1.99. The Balaban J connectivity index is 0.00000110. The number of hydrogen-bond acceptors (Lipinski definition) is 2. The molecular weight excluding hydrogens is 236 g/mol. The molecule has 0 spiro atoms. The number of rotatable bonds is 0. The Kier molecular flexibility index (Phi) is 2.62. The summed E-state index contributed by atoms with van der Waals surface area (Å²) >= 11 is 0. The van der Waals surface area contributed by atoms with Gasteiger partial charge in [-0.1, -0.05) is 36.4 Å². The molecule has 3 aromatic carbocycles. The van der Waals surface area contributed by atoms with E-state index in [0.717, 1.165) is 22.1 Å². The standard InChI is InChI=1S/C16H10N2.H2O/c1-2-6-12-11(5-1)9-10-15-16(12)18-14-8-4-3-7-13(14)17-15;/h1-10H;1H2. The normalized spacial score (nSPS) is 10.7. The van der Waals surface area contributed by atoms with E-state index in [1.165, 1.54) is 10.8 Å². The number of aromatic nitrogens is 2. The number of nitrogens with zero attached hydrogens (tertiary/aromatic N) is 1. The van der Waals surface area contributed by atoms with Gasteiger partial charge in [0.2, 0.25) is 11.0 Å². The van der Waals surface area contributed by atoms with Gasteiger partial charge in [-0.2, -0.15) is 0 Å². The number of hydrogen-bond donors (Lipinski definition) is 0. The first-order chi connectivity index (χ1) is 8.92. The molecule has 0 amide bonds. The molecule has 0 aliphatic carbocycles. The lowest BCUT2D eigenvalue weighted by atomic mass is 10.1. The second kappa shape index (κ2) is 4.30. The van der Waals surface area contributed by atoms with Crippen LogP contribution in [0.5, 0.6) is 0 Å². The van der Waals surface area contributed by atoms with E-state index in [2.05, 4.69) is 47.4 Å². The maximum absolute atomic E-state index is 4.70. The third-order valence-electron chi connectivity index (χ3n) is 3.31. The van der Waals surface area contributed by atoms with Crippen LogP contribution in [0.2, 0.25) is 0 Å². The van der Waals surface area contributed by atoms with Crippen molar-refractivity contribution in [1.29, 1.82) is 0 Å². The summed E-state index contributed by atoms with van der Waals surface area (Å²) in [4.78, 5) is 8.19. The first-order valence-corrected chi connectivity index (χ1v) is 6.01. The van der Waals surface area contributed by atoms with Crippen LogP contribution in [-0.2, 0) is 0 Å². The molecule has 1 heterocycles. The summed E-state index contributed by atoms with van der Waals surface area (Å²) in [7, 11) is 0. The predicted molar refractivity (Wildman–Crippen MR) is 75.2 cm³/mol. The zero-order valence-corrected chi connectivity index (χ0v) is 10.2. The van der Waals surface area contributed by atoms with E-state index in [0.29, 0.717) is 0 Å². The lowest BCUT2D eigenvalue weighted by molar-refractivity contribution is -0.309. The maximum atomic E-state index is 4.70. The fraction of sp³-hybridized carbons (Fsp3) is 0. The van der Waals surface area contributed by atoms with Gasteiger partial charge in [0.15, 0.2) is 0 Å². The van der Waals surface area contributed by atoms with Crippen LogP contribution >= 0.6 is 0 Å². The summed E-state index contributed by atoms with van der Waals surface area (Å²) in [6, 6.07) is 20.7. The van der Waals surface area contributed by atoms with Crippen molar-refractivity contribution in [2.24, 2.45) is 0 Å². The largest absolute Gasteiger partial charge is 0.870 e. The van der Waals surface area contributed by atoms with Crippen molar-refractivity contribution in [2.45, 2.75) is 0 Å². The highest BCUT2D eigenvalue weighted by Crippen LogP contribution is 2.21. The molecule has 0 aliphatic heterocycles. The van der Waals surface area contributed by atoms with Gasteiger partial charge < -0.3 is 5.48 Å². The van der Waals surface area contributed by atoms with Crippen LogP contribution in [0.15, 0.2) is 60.7 Å². The fourth-order valence-corrected chi connectivity index (χ4v) is 2.43. The van der Waals surface area contributed by atoms with Gasteiger partial charge >= 0.3 is 0 Å². The Bertz CT molecular complexity index is 881. The van der Waals surface area contributed by atoms with E-state index in [9.17, 15) is 0 Å². The lowest BCUT2D eigenvalue weighted by Crippen LogP contribution is -2.07. The van der Waals surface area contributed by atoms with Crippen LogP contribution < -0.4 is 4.98 Å². The number of para-hydroxylation sites is 2. The second-order valence-electron chi connectivity index (χ2n) is 4.43. The minimum atomic E-state index is 0. The molecule has 92 valence electrons. The number of nitrogens with one attached hydrogen (secondary N) is 1. The first kappa shape index (κ1) is 11.6. The Hall–Kier alpha value is -2.52. The highest BCUT2D eigenvalue weighted by molar-refractivity contribution is 6.03. The molecule has 0 aliphatic rings. The van der Waals surface area contributed by atoms with Crippen LogP contribution in [0, 0.1) is 0 Å². The molecule has 3 heteroatoms. The Morgan fingerprint density at radius 2 is 1.53 bits per heavy atom. The van der Waals surface area contributed by atoms with E-state index in [-0.39, 0.29) is 5.48 Å². The summed E-state index contributed by atoms with van der Waals surface area (Å²) in [5, 5.41) is 2.45. The van der Waals surface area contributed by atoms with Gasteiger partial charge in [-0.05, 0) is 23.6 Å². The fourth-order valence-electron chi connectivity index (χ4n) is 2.43. The van der Waals surface area contributed by atoms with E-state index < -0.39 is 0 Å². The van der Waals surface area contributed by atoms with Gasteiger partial charge in [0, 0.05) is 6.07 Å². The molecule has 2 N–H and O–H groups in total. The van der Waals surface area contributed by atoms with Crippen LogP contribution in [0.4, 0.5) is 0 Å². The Morgan fingerprint density at radius 3 is 2.47 bits per heavy atom. The third kappa shape index (κ3) is 1.72. The van der Waals surface area contributed by atoms with Gasteiger partial charge in [-0.25, -0.2) is 9.97 Å². The number of H-pyrrole nitrogens is 1. The summed E-state index contributed by atoms with van der Waals surface area (Å²) in [5.74, 6) is 0.